The fraction of sp³-hybridized carbons (Fsp3) is 0.727. The van der Waals surface area contributed by atoms with Crippen molar-refractivity contribution in [1.29, 1.82) is 0 Å². The quantitative estimate of drug-likeness (QED) is 0.553. The largest absolute Gasteiger partial charge is 0.342 e. The maximum Gasteiger partial charge on any atom is 0.227 e. The lowest BCUT2D eigenvalue weighted by Gasteiger charge is -2.22. The lowest BCUT2D eigenvalue weighted by molar-refractivity contribution is -0.128. The molecule has 0 radical (unpaired) electrons. The van der Waals surface area contributed by atoms with Crippen LogP contribution in [-0.2, 0) is 4.79 Å². The number of nitrogens with one attached hydrogen (secondary N) is 1. The van der Waals surface area contributed by atoms with Gasteiger partial charge in [-0.3, -0.25) is 4.79 Å². The first-order valence-electron chi connectivity index (χ1n) is 4.81. The third kappa shape index (κ3) is 4.02. The fourth-order valence-corrected chi connectivity index (χ4v) is 1.02. The van der Waals surface area contributed by atoms with Crippen molar-refractivity contribution in [3.8, 4) is 12.3 Å². The lowest BCUT2D eigenvalue weighted by Crippen LogP contribution is -2.43. The minimum Gasteiger partial charge on any atom is -0.342 e. The second-order valence-corrected chi connectivity index (χ2v) is 4.27. The van der Waals surface area contributed by atoms with Crippen molar-refractivity contribution in [2.24, 2.45) is 5.41 Å². The Kier molecular flexibility index (Phi) is 5.64. The molecule has 0 spiro atoms. The molecule has 0 bridgehead atoms. The van der Waals surface area contributed by atoms with Gasteiger partial charge in [0.1, 0.15) is 0 Å². The Labute approximate surface area is 91.4 Å². The Morgan fingerprint density at radius 1 is 1.64 bits per heavy atom. The maximum atomic E-state index is 11.6. The van der Waals surface area contributed by atoms with Gasteiger partial charge in [0.25, 0.3) is 0 Å². The Balaban J connectivity index is 4.24. The highest BCUT2D eigenvalue weighted by molar-refractivity contribution is 6.19. The predicted molar refractivity (Wildman–Crippen MR) is 60.2 cm³/mol. The second-order valence-electron chi connectivity index (χ2n) is 4.00. The number of carbonyl (C=O) groups is 1. The molecule has 80 valence electrons. The molecular weight excluding hydrogens is 198 g/mol. The van der Waals surface area contributed by atoms with Crippen LogP contribution in [0.15, 0.2) is 0 Å². The average molecular weight is 216 g/mol. The van der Waals surface area contributed by atoms with Gasteiger partial charge >= 0.3 is 0 Å². The molecule has 0 fully saturated rings. The monoisotopic (exact) mass is 215 g/mol. The zero-order valence-corrected chi connectivity index (χ0v) is 9.82. The Morgan fingerprint density at radius 3 is 2.57 bits per heavy atom. The van der Waals surface area contributed by atoms with E-state index >= 15 is 0 Å². The van der Waals surface area contributed by atoms with E-state index in [4.69, 9.17) is 18.0 Å². The van der Waals surface area contributed by atoms with Gasteiger partial charge in [0.05, 0.1) is 11.5 Å². The number of carbonyl (C=O) groups excluding carboxylic acids is 1. The van der Waals surface area contributed by atoms with Crippen molar-refractivity contribution < 1.29 is 4.79 Å². The van der Waals surface area contributed by atoms with Crippen molar-refractivity contribution in [3.05, 3.63) is 0 Å². The first-order chi connectivity index (χ1) is 6.47. The summed E-state index contributed by atoms with van der Waals surface area (Å²) >= 11 is 5.68. The highest BCUT2D eigenvalue weighted by atomic mass is 35.5. The van der Waals surface area contributed by atoms with Crippen LogP contribution in [0.3, 0.4) is 0 Å². The number of halogens is 1. The number of amides is 1. The topological polar surface area (TPSA) is 29.1 Å². The van der Waals surface area contributed by atoms with Gasteiger partial charge in [0, 0.05) is 5.88 Å². The van der Waals surface area contributed by atoms with E-state index in [1.165, 1.54) is 0 Å². The van der Waals surface area contributed by atoms with Gasteiger partial charge < -0.3 is 5.32 Å². The standard InChI is InChI=1S/C11H18ClNO/c1-5-7-9(6-2)13-10(14)11(3,4)8-12/h2,9H,5,7-8H2,1,3-4H3,(H,13,14). The van der Waals surface area contributed by atoms with Crippen LogP contribution in [0.4, 0.5) is 0 Å². The molecule has 1 atom stereocenters. The van der Waals surface area contributed by atoms with Crippen molar-refractivity contribution in [2.45, 2.75) is 39.7 Å². The summed E-state index contributed by atoms with van der Waals surface area (Å²) in [7, 11) is 0. The molecule has 1 unspecified atom stereocenters. The first kappa shape index (κ1) is 13.3. The maximum absolute atomic E-state index is 11.6. The molecule has 3 heteroatoms. The number of alkyl halides is 1. The van der Waals surface area contributed by atoms with Crippen LogP contribution in [-0.4, -0.2) is 17.8 Å². The molecule has 0 aromatic rings. The molecule has 0 aromatic heterocycles. The summed E-state index contributed by atoms with van der Waals surface area (Å²) < 4.78 is 0. The van der Waals surface area contributed by atoms with Gasteiger partial charge in [-0.25, -0.2) is 0 Å². The van der Waals surface area contributed by atoms with E-state index in [0.717, 1.165) is 12.8 Å². The van der Waals surface area contributed by atoms with Crippen LogP contribution in [0.25, 0.3) is 0 Å². The summed E-state index contributed by atoms with van der Waals surface area (Å²) in [5.74, 6) is 2.77. The summed E-state index contributed by atoms with van der Waals surface area (Å²) in [4.78, 5) is 11.6. The minimum atomic E-state index is -0.551. The zero-order chi connectivity index (χ0) is 11.2. The third-order valence-corrected chi connectivity index (χ3v) is 2.70. The molecule has 2 nitrogen and oxygen atoms in total. The van der Waals surface area contributed by atoms with E-state index in [0.29, 0.717) is 5.88 Å². The summed E-state index contributed by atoms with van der Waals surface area (Å²) in [5.41, 5.74) is -0.551. The van der Waals surface area contributed by atoms with Crippen molar-refractivity contribution in [1.82, 2.24) is 5.32 Å². The second kappa shape index (κ2) is 5.93. The van der Waals surface area contributed by atoms with Gasteiger partial charge in [-0.05, 0) is 20.3 Å². The predicted octanol–water partition coefficient (Wildman–Crippen LogP) is 2.17. The van der Waals surface area contributed by atoms with Crippen LogP contribution in [0, 0.1) is 17.8 Å². The Bertz CT molecular complexity index is 230. The summed E-state index contributed by atoms with van der Waals surface area (Å²) in [6, 6.07) is -0.171. The summed E-state index contributed by atoms with van der Waals surface area (Å²) in [6.07, 6.45) is 7.06. The Hall–Kier alpha value is -0.680. The van der Waals surface area contributed by atoms with Gasteiger partial charge in [0.15, 0.2) is 0 Å². The van der Waals surface area contributed by atoms with E-state index < -0.39 is 5.41 Å². The highest BCUT2D eigenvalue weighted by Gasteiger charge is 2.27. The van der Waals surface area contributed by atoms with Crippen LogP contribution < -0.4 is 5.32 Å². The average Bonchev–Trinajstić information content (AvgIpc) is 2.16. The van der Waals surface area contributed by atoms with Gasteiger partial charge in [0.2, 0.25) is 5.91 Å². The van der Waals surface area contributed by atoms with E-state index in [1.54, 1.807) is 13.8 Å². The molecule has 1 amide bonds. The molecule has 14 heavy (non-hydrogen) atoms. The van der Waals surface area contributed by atoms with E-state index in [1.807, 2.05) is 6.92 Å². The van der Waals surface area contributed by atoms with Crippen molar-refractivity contribution in [2.75, 3.05) is 5.88 Å². The SMILES string of the molecule is C#CC(CCC)NC(=O)C(C)(C)CCl. The molecule has 0 rings (SSSR count). The molecule has 0 aliphatic carbocycles. The molecule has 0 heterocycles. The van der Waals surface area contributed by atoms with Gasteiger partial charge in [-0.2, -0.15) is 0 Å². The van der Waals surface area contributed by atoms with E-state index in [-0.39, 0.29) is 11.9 Å². The molecule has 0 aliphatic heterocycles. The van der Waals surface area contributed by atoms with Crippen LogP contribution in [0.2, 0.25) is 0 Å². The van der Waals surface area contributed by atoms with Crippen LogP contribution in [0.5, 0.6) is 0 Å². The molecule has 1 N–H and O–H groups in total. The fourth-order valence-electron chi connectivity index (χ4n) is 0.900. The zero-order valence-electron chi connectivity index (χ0n) is 9.06. The van der Waals surface area contributed by atoms with Gasteiger partial charge in [-0.1, -0.05) is 19.3 Å². The number of hydrogen-bond acceptors (Lipinski definition) is 1. The van der Waals surface area contributed by atoms with Crippen LogP contribution in [0.1, 0.15) is 33.6 Å². The smallest absolute Gasteiger partial charge is 0.227 e. The first-order valence-corrected chi connectivity index (χ1v) is 5.34. The van der Waals surface area contributed by atoms with Crippen LogP contribution >= 0.6 is 11.6 Å². The number of hydrogen-bond donors (Lipinski definition) is 1. The summed E-state index contributed by atoms with van der Waals surface area (Å²) in [5, 5.41) is 2.80. The number of terminal acetylenes is 1. The highest BCUT2D eigenvalue weighted by Crippen LogP contribution is 2.17. The number of rotatable bonds is 5. The lowest BCUT2D eigenvalue weighted by atomic mass is 9.94. The third-order valence-electron chi connectivity index (χ3n) is 2.03. The minimum absolute atomic E-state index is 0.0797. The van der Waals surface area contributed by atoms with Crippen molar-refractivity contribution in [3.63, 3.8) is 0 Å². The van der Waals surface area contributed by atoms with E-state index in [2.05, 4.69) is 11.2 Å². The van der Waals surface area contributed by atoms with Crippen molar-refractivity contribution >= 4 is 17.5 Å². The van der Waals surface area contributed by atoms with E-state index in [9.17, 15) is 4.79 Å². The normalized spacial score (nSPS) is 13.1. The molecular formula is C11H18ClNO. The molecule has 0 saturated heterocycles. The molecule has 0 aromatic carbocycles. The Morgan fingerprint density at radius 2 is 2.21 bits per heavy atom. The van der Waals surface area contributed by atoms with Gasteiger partial charge in [-0.15, -0.1) is 18.0 Å². The molecule has 0 aliphatic rings. The molecule has 0 saturated carbocycles. The summed E-state index contributed by atoms with van der Waals surface area (Å²) in [6.45, 7) is 5.63.